The highest BCUT2D eigenvalue weighted by atomic mass is 19.3. The third kappa shape index (κ3) is 7.41. The first-order valence-corrected chi connectivity index (χ1v) is 3.69. The van der Waals surface area contributed by atoms with Gasteiger partial charge in [0, 0.05) is 6.08 Å². The van der Waals surface area contributed by atoms with Gasteiger partial charge in [0.15, 0.2) is 6.67 Å². The van der Waals surface area contributed by atoms with Gasteiger partial charge in [0.25, 0.3) is 0 Å². The maximum Gasteiger partial charge on any atom is 0.429 e. The third-order valence-corrected chi connectivity index (χ3v) is 0.956. The Morgan fingerprint density at radius 2 is 2.07 bits per heavy atom. The Balaban J connectivity index is 0.000000322. The van der Waals surface area contributed by atoms with E-state index in [2.05, 4.69) is 20.8 Å². The van der Waals surface area contributed by atoms with Gasteiger partial charge in [-0.2, -0.15) is 8.78 Å². The zero-order chi connectivity index (χ0) is 11.7. The van der Waals surface area contributed by atoms with Crippen molar-refractivity contribution in [1.82, 2.24) is 0 Å². The summed E-state index contributed by atoms with van der Waals surface area (Å²) in [6.45, 7) is 1.22. The molecule has 0 saturated heterocycles. The topological polar surface area (TPSA) is 44.8 Å². The summed E-state index contributed by atoms with van der Waals surface area (Å²) in [5.74, 6) is -1.34. The Morgan fingerprint density at radius 1 is 1.53 bits per heavy atom. The molecule has 0 radical (unpaired) electrons. The van der Waals surface area contributed by atoms with Crippen LogP contribution < -0.4 is 0 Å². The molecule has 0 saturated carbocycles. The summed E-state index contributed by atoms with van der Waals surface area (Å²) in [5, 5.41) is 0. The standard InChI is InChI=1S/C5H5F3O2.C3H4O2/c1-2-4(9)10-5(7,8)3-6;1-2-5-3-4-1/h2H,1,3H2;1-2H,3H2. The number of carbonyl (C=O) groups is 1. The minimum atomic E-state index is -4.02. The van der Waals surface area contributed by atoms with Crippen LogP contribution in [0, 0.1) is 0 Å². The molecule has 1 heterocycles. The minimum absolute atomic E-state index is 0.389. The van der Waals surface area contributed by atoms with Crippen molar-refractivity contribution < 1.29 is 32.2 Å². The molecule has 0 spiro atoms. The van der Waals surface area contributed by atoms with E-state index < -0.39 is 18.8 Å². The van der Waals surface area contributed by atoms with E-state index in [1.807, 2.05) is 0 Å². The van der Waals surface area contributed by atoms with E-state index in [9.17, 15) is 18.0 Å². The monoisotopic (exact) mass is 226 g/mol. The van der Waals surface area contributed by atoms with E-state index >= 15 is 0 Å². The second kappa shape index (κ2) is 6.74. The SMILES string of the molecule is C1=COCO1.C=CC(=O)OC(F)(F)CF. The van der Waals surface area contributed by atoms with E-state index in [1.165, 1.54) is 12.5 Å². The highest BCUT2D eigenvalue weighted by Gasteiger charge is 2.32. The maximum atomic E-state index is 11.7. The molecule has 1 aliphatic heterocycles. The molecule has 0 fully saturated rings. The number of ether oxygens (including phenoxy) is 3. The molecule has 0 unspecified atom stereocenters. The number of alkyl halides is 3. The molecule has 0 atom stereocenters. The van der Waals surface area contributed by atoms with Gasteiger partial charge in [-0.3, -0.25) is 0 Å². The van der Waals surface area contributed by atoms with Crippen LogP contribution >= 0.6 is 0 Å². The number of hydrogen-bond donors (Lipinski definition) is 0. The Bertz CT molecular complexity index is 234. The Kier molecular flexibility index (Phi) is 6.00. The summed E-state index contributed by atoms with van der Waals surface area (Å²) >= 11 is 0. The first-order valence-electron chi connectivity index (χ1n) is 3.69. The van der Waals surface area contributed by atoms with Crippen LogP contribution in [0.25, 0.3) is 0 Å². The summed E-state index contributed by atoms with van der Waals surface area (Å²) in [6.07, 6.45) is -0.463. The van der Waals surface area contributed by atoms with E-state index in [1.54, 1.807) is 0 Å². The lowest BCUT2D eigenvalue weighted by Crippen LogP contribution is -2.26. The molecular weight excluding hydrogens is 217 g/mol. The van der Waals surface area contributed by atoms with Gasteiger partial charge in [-0.25, -0.2) is 9.18 Å². The van der Waals surface area contributed by atoms with Gasteiger partial charge < -0.3 is 14.2 Å². The maximum absolute atomic E-state index is 11.7. The number of halogens is 3. The van der Waals surface area contributed by atoms with Gasteiger partial charge in [0.05, 0.1) is 0 Å². The quantitative estimate of drug-likeness (QED) is 0.543. The van der Waals surface area contributed by atoms with Crippen molar-refractivity contribution in [3.05, 3.63) is 25.2 Å². The summed E-state index contributed by atoms with van der Waals surface area (Å²) in [6, 6.07) is 0. The van der Waals surface area contributed by atoms with Crippen molar-refractivity contribution in [2.75, 3.05) is 13.5 Å². The zero-order valence-corrected chi connectivity index (χ0v) is 7.62. The molecule has 1 rings (SSSR count). The predicted octanol–water partition coefficient (Wildman–Crippen LogP) is 1.74. The van der Waals surface area contributed by atoms with Crippen molar-refractivity contribution in [3.63, 3.8) is 0 Å². The van der Waals surface area contributed by atoms with Gasteiger partial charge in [-0.15, -0.1) is 0 Å². The van der Waals surface area contributed by atoms with Gasteiger partial charge in [-0.1, -0.05) is 6.58 Å². The first-order chi connectivity index (χ1) is 7.02. The summed E-state index contributed by atoms with van der Waals surface area (Å²) in [7, 11) is 0. The average Bonchev–Trinajstić information content (AvgIpc) is 2.75. The highest BCUT2D eigenvalue weighted by molar-refractivity contribution is 5.81. The smallest absolute Gasteiger partial charge is 0.429 e. The fourth-order valence-electron chi connectivity index (χ4n) is 0.413. The molecule has 0 aliphatic carbocycles. The second-order valence-electron chi connectivity index (χ2n) is 2.12. The van der Waals surface area contributed by atoms with Crippen LogP contribution in [-0.2, 0) is 19.0 Å². The fraction of sp³-hybridized carbons (Fsp3) is 0.375. The molecule has 0 aromatic carbocycles. The van der Waals surface area contributed by atoms with Crippen LogP contribution in [0.4, 0.5) is 13.2 Å². The highest BCUT2D eigenvalue weighted by Crippen LogP contribution is 2.15. The van der Waals surface area contributed by atoms with Crippen molar-refractivity contribution in [1.29, 1.82) is 0 Å². The lowest BCUT2D eigenvalue weighted by Gasteiger charge is -2.10. The molecular formula is C8H9F3O4. The number of rotatable bonds is 3. The fourth-order valence-corrected chi connectivity index (χ4v) is 0.413. The second-order valence-corrected chi connectivity index (χ2v) is 2.12. The van der Waals surface area contributed by atoms with Gasteiger partial charge in [-0.05, 0) is 0 Å². The van der Waals surface area contributed by atoms with Crippen LogP contribution in [-0.4, -0.2) is 25.5 Å². The molecule has 0 aromatic rings. The Hall–Kier alpha value is -1.66. The number of esters is 1. The van der Waals surface area contributed by atoms with E-state index in [4.69, 9.17) is 0 Å². The van der Waals surface area contributed by atoms with E-state index in [0.717, 1.165) is 0 Å². The van der Waals surface area contributed by atoms with Crippen LogP contribution in [0.5, 0.6) is 0 Å². The molecule has 0 N–H and O–H groups in total. The average molecular weight is 226 g/mol. The summed E-state index contributed by atoms with van der Waals surface area (Å²) < 4.78 is 47.0. The number of carbonyl (C=O) groups excluding carboxylic acids is 1. The predicted molar refractivity (Wildman–Crippen MR) is 43.4 cm³/mol. The molecule has 0 amide bonds. The largest absolute Gasteiger partial charge is 0.462 e. The molecule has 86 valence electrons. The Labute approximate surface area is 83.9 Å². The first kappa shape index (κ1) is 13.3. The molecule has 15 heavy (non-hydrogen) atoms. The van der Waals surface area contributed by atoms with E-state index in [0.29, 0.717) is 12.9 Å². The molecule has 0 bridgehead atoms. The van der Waals surface area contributed by atoms with Crippen molar-refractivity contribution in [2.24, 2.45) is 0 Å². The molecule has 7 heteroatoms. The molecule has 1 aliphatic rings. The van der Waals surface area contributed by atoms with Crippen molar-refractivity contribution in [2.45, 2.75) is 6.11 Å². The van der Waals surface area contributed by atoms with Crippen LogP contribution in [0.1, 0.15) is 0 Å². The minimum Gasteiger partial charge on any atom is -0.462 e. The third-order valence-electron chi connectivity index (χ3n) is 0.956. The van der Waals surface area contributed by atoms with Crippen molar-refractivity contribution in [3.8, 4) is 0 Å². The van der Waals surface area contributed by atoms with Gasteiger partial charge >= 0.3 is 12.1 Å². The molecule has 0 aromatic heterocycles. The zero-order valence-electron chi connectivity index (χ0n) is 7.62. The van der Waals surface area contributed by atoms with Gasteiger partial charge in [0.1, 0.15) is 12.5 Å². The molecule has 4 nitrogen and oxygen atoms in total. The van der Waals surface area contributed by atoms with E-state index in [-0.39, 0.29) is 0 Å². The van der Waals surface area contributed by atoms with Crippen LogP contribution in [0.2, 0.25) is 0 Å². The van der Waals surface area contributed by atoms with Crippen LogP contribution in [0.15, 0.2) is 25.2 Å². The normalized spacial score (nSPS) is 13.0. The summed E-state index contributed by atoms with van der Waals surface area (Å²) in [4.78, 5) is 10.00. The Morgan fingerprint density at radius 3 is 2.33 bits per heavy atom. The lowest BCUT2D eigenvalue weighted by molar-refractivity contribution is -0.234. The lowest BCUT2D eigenvalue weighted by atomic mass is 10.6. The van der Waals surface area contributed by atoms with Gasteiger partial charge in [0.2, 0.25) is 6.79 Å². The summed E-state index contributed by atoms with van der Waals surface area (Å²) in [5.41, 5.74) is 0. The van der Waals surface area contributed by atoms with Crippen molar-refractivity contribution >= 4 is 5.97 Å². The van der Waals surface area contributed by atoms with Crippen LogP contribution in [0.3, 0.4) is 0 Å². The number of hydrogen-bond acceptors (Lipinski definition) is 4.